The van der Waals surface area contributed by atoms with Crippen molar-refractivity contribution < 1.29 is 4.74 Å². The van der Waals surface area contributed by atoms with E-state index < -0.39 is 0 Å². The molecule has 0 aliphatic rings. The number of hydrogen-bond acceptors (Lipinski definition) is 4. The number of hydrogen-bond donors (Lipinski definition) is 0. The molecule has 0 aliphatic carbocycles. The second-order valence-corrected chi connectivity index (χ2v) is 3.96. The molecule has 1 aromatic heterocycles. The van der Waals surface area contributed by atoms with Gasteiger partial charge in [0.2, 0.25) is 5.88 Å². The van der Waals surface area contributed by atoms with Crippen LogP contribution in [0, 0.1) is 18.3 Å². The lowest BCUT2D eigenvalue weighted by Gasteiger charge is -2.20. The van der Waals surface area contributed by atoms with E-state index in [0.29, 0.717) is 17.3 Å². The van der Waals surface area contributed by atoms with Gasteiger partial charge < -0.3 is 4.74 Å². The van der Waals surface area contributed by atoms with Crippen LogP contribution in [0.3, 0.4) is 0 Å². The van der Waals surface area contributed by atoms with Crippen LogP contribution in [0.2, 0.25) is 0 Å². The highest BCUT2D eigenvalue weighted by Crippen LogP contribution is 2.19. The van der Waals surface area contributed by atoms with Gasteiger partial charge in [0.15, 0.2) is 0 Å². The molecule has 74 valence electrons. The van der Waals surface area contributed by atoms with E-state index in [-0.39, 0.29) is 5.60 Å². The summed E-state index contributed by atoms with van der Waals surface area (Å²) < 4.78 is 5.53. The van der Waals surface area contributed by atoms with Gasteiger partial charge in [-0.1, -0.05) is 0 Å². The maximum atomic E-state index is 8.80. The predicted molar refractivity (Wildman–Crippen MR) is 51.9 cm³/mol. The van der Waals surface area contributed by atoms with Gasteiger partial charge in [-0.05, 0) is 27.7 Å². The molecular formula is C10H13N3O. The molecule has 14 heavy (non-hydrogen) atoms. The van der Waals surface area contributed by atoms with Crippen LogP contribution in [0.15, 0.2) is 6.20 Å². The third-order valence-corrected chi connectivity index (χ3v) is 1.40. The molecule has 0 aliphatic heterocycles. The first-order valence-electron chi connectivity index (χ1n) is 4.35. The molecular weight excluding hydrogens is 178 g/mol. The fourth-order valence-electron chi connectivity index (χ4n) is 0.894. The van der Waals surface area contributed by atoms with Gasteiger partial charge in [-0.2, -0.15) is 10.2 Å². The Morgan fingerprint density at radius 3 is 2.57 bits per heavy atom. The van der Waals surface area contributed by atoms with Gasteiger partial charge in [0.25, 0.3) is 0 Å². The van der Waals surface area contributed by atoms with Crippen LogP contribution in [-0.2, 0) is 0 Å². The van der Waals surface area contributed by atoms with Gasteiger partial charge >= 0.3 is 0 Å². The Bertz CT molecular complexity index is 374. The molecule has 0 atom stereocenters. The van der Waals surface area contributed by atoms with E-state index in [1.165, 1.54) is 6.20 Å². The molecule has 0 spiro atoms. The zero-order valence-corrected chi connectivity index (χ0v) is 8.83. The van der Waals surface area contributed by atoms with Crippen LogP contribution in [0.25, 0.3) is 0 Å². The summed E-state index contributed by atoms with van der Waals surface area (Å²) in [6.07, 6.45) is 1.48. The highest BCUT2D eigenvalue weighted by Gasteiger charge is 2.16. The van der Waals surface area contributed by atoms with Gasteiger partial charge in [-0.3, -0.25) is 0 Å². The lowest BCUT2D eigenvalue weighted by atomic mass is 10.2. The van der Waals surface area contributed by atoms with Gasteiger partial charge in [-0.15, -0.1) is 0 Å². The standard InChI is InChI=1S/C10H13N3O/c1-7-12-6-8(5-11)9(13-7)14-10(2,3)4/h6H,1-4H3. The van der Waals surface area contributed by atoms with E-state index in [2.05, 4.69) is 9.97 Å². The van der Waals surface area contributed by atoms with E-state index in [9.17, 15) is 0 Å². The lowest BCUT2D eigenvalue weighted by Crippen LogP contribution is -2.24. The van der Waals surface area contributed by atoms with Crippen molar-refractivity contribution >= 4 is 0 Å². The Kier molecular flexibility index (Phi) is 2.70. The van der Waals surface area contributed by atoms with Crippen molar-refractivity contribution in [3.8, 4) is 11.9 Å². The van der Waals surface area contributed by atoms with Crippen LogP contribution < -0.4 is 4.74 Å². The number of aryl methyl sites for hydroxylation is 1. The zero-order valence-electron chi connectivity index (χ0n) is 8.83. The first-order valence-corrected chi connectivity index (χ1v) is 4.35. The predicted octanol–water partition coefficient (Wildman–Crippen LogP) is 1.83. The molecule has 4 nitrogen and oxygen atoms in total. The Morgan fingerprint density at radius 1 is 1.43 bits per heavy atom. The Hall–Kier alpha value is -1.63. The Labute approximate surface area is 83.6 Å². The minimum atomic E-state index is -0.355. The summed E-state index contributed by atoms with van der Waals surface area (Å²) in [5.41, 5.74) is 0.0115. The lowest BCUT2D eigenvalue weighted by molar-refractivity contribution is 0.123. The Morgan fingerprint density at radius 2 is 2.07 bits per heavy atom. The number of ether oxygens (including phenoxy) is 1. The average molecular weight is 191 g/mol. The van der Waals surface area contributed by atoms with Crippen LogP contribution in [-0.4, -0.2) is 15.6 Å². The van der Waals surface area contributed by atoms with Crippen LogP contribution in [0.4, 0.5) is 0 Å². The fourth-order valence-corrected chi connectivity index (χ4v) is 0.894. The van der Waals surface area contributed by atoms with E-state index in [1.54, 1.807) is 6.92 Å². The van der Waals surface area contributed by atoms with E-state index >= 15 is 0 Å². The minimum Gasteiger partial charge on any atom is -0.471 e. The highest BCUT2D eigenvalue weighted by molar-refractivity contribution is 5.35. The van der Waals surface area contributed by atoms with Crippen molar-refractivity contribution in [3.05, 3.63) is 17.6 Å². The normalized spacial score (nSPS) is 10.8. The smallest absolute Gasteiger partial charge is 0.235 e. The van der Waals surface area contributed by atoms with Crippen molar-refractivity contribution in [1.29, 1.82) is 5.26 Å². The molecule has 0 radical (unpaired) electrons. The zero-order chi connectivity index (χ0) is 10.8. The van der Waals surface area contributed by atoms with Crippen molar-refractivity contribution in [3.63, 3.8) is 0 Å². The van der Waals surface area contributed by atoms with Crippen molar-refractivity contribution in [2.24, 2.45) is 0 Å². The monoisotopic (exact) mass is 191 g/mol. The molecule has 0 amide bonds. The molecule has 1 aromatic rings. The molecule has 0 bridgehead atoms. The molecule has 0 N–H and O–H groups in total. The molecule has 4 heteroatoms. The quantitative estimate of drug-likeness (QED) is 0.679. The number of nitrogens with zero attached hydrogens (tertiary/aromatic N) is 3. The van der Waals surface area contributed by atoms with Crippen LogP contribution in [0.1, 0.15) is 32.2 Å². The topological polar surface area (TPSA) is 58.8 Å². The summed E-state index contributed by atoms with van der Waals surface area (Å²) in [5.74, 6) is 0.954. The maximum absolute atomic E-state index is 8.80. The van der Waals surface area contributed by atoms with Crippen molar-refractivity contribution in [2.45, 2.75) is 33.3 Å². The molecule has 1 rings (SSSR count). The third-order valence-electron chi connectivity index (χ3n) is 1.40. The SMILES string of the molecule is Cc1ncc(C#N)c(OC(C)(C)C)n1. The molecule has 0 saturated carbocycles. The highest BCUT2D eigenvalue weighted by atomic mass is 16.5. The first-order chi connectivity index (χ1) is 6.42. The van der Waals surface area contributed by atoms with E-state index in [4.69, 9.17) is 10.00 Å². The van der Waals surface area contributed by atoms with Crippen LogP contribution in [0.5, 0.6) is 5.88 Å². The molecule has 0 aromatic carbocycles. The fraction of sp³-hybridized carbons (Fsp3) is 0.500. The minimum absolute atomic E-state index is 0.354. The summed E-state index contributed by atoms with van der Waals surface area (Å²) in [7, 11) is 0. The van der Waals surface area contributed by atoms with Crippen LogP contribution >= 0.6 is 0 Å². The van der Waals surface area contributed by atoms with E-state index in [0.717, 1.165) is 0 Å². The van der Waals surface area contributed by atoms with Gasteiger partial charge in [0, 0.05) is 0 Å². The van der Waals surface area contributed by atoms with Crippen molar-refractivity contribution in [2.75, 3.05) is 0 Å². The maximum Gasteiger partial charge on any atom is 0.235 e. The van der Waals surface area contributed by atoms with Gasteiger partial charge in [0.1, 0.15) is 23.1 Å². The third kappa shape index (κ3) is 2.70. The van der Waals surface area contributed by atoms with Crippen molar-refractivity contribution in [1.82, 2.24) is 9.97 Å². The number of aromatic nitrogens is 2. The molecule has 1 heterocycles. The summed E-state index contributed by atoms with van der Waals surface area (Å²) in [5, 5.41) is 8.80. The summed E-state index contributed by atoms with van der Waals surface area (Å²) in [6.45, 7) is 7.49. The summed E-state index contributed by atoms with van der Waals surface area (Å²) in [4.78, 5) is 8.00. The first kappa shape index (κ1) is 10.5. The molecule has 0 unspecified atom stereocenters. The van der Waals surface area contributed by atoms with Gasteiger partial charge in [0.05, 0.1) is 6.20 Å². The Balaban J connectivity index is 3.07. The van der Waals surface area contributed by atoms with Gasteiger partial charge in [-0.25, -0.2) is 4.98 Å². The number of nitriles is 1. The van der Waals surface area contributed by atoms with E-state index in [1.807, 2.05) is 26.8 Å². The largest absolute Gasteiger partial charge is 0.471 e. The number of rotatable bonds is 1. The second-order valence-electron chi connectivity index (χ2n) is 3.96. The average Bonchev–Trinajstić information content (AvgIpc) is 2.01. The second kappa shape index (κ2) is 3.62. The molecule has 0 saturated heterocycles. The molecule has 0 fully saturated rings. The summed E-state index contributed by atoms with van der Waals surface area (Å²) >= 11 is 0. The summed E-state index contributed by atoms with van der Waals surface area (Å²) in [6, 6.07) is 2.00.